The Morgan fingerprint density at radius 2 is 2.32 bits per heavy atom. The van der Waals surface area contributed by atoms with Gasteiger partial charge in [0.2, 0.25) is 0 Å². The van der Waals surface area contributed by atoms with Crippen molar-refractivity contribution in [3.8, 4) is 5.75 Å². The van der Waals surface area contributed by atoms with Gasteiger partial charge in [0.1, 0.15) is 18.2 Å². The van der Waals surface area contributed by atoms with Crippen molar-refractivity contribution in [3.05, 3.63) is 30.1 Å². The molecule has 0 radical (unpaired) electrons. The van der Waals surface area contributed by atoms with Crippen molar-refractivity contribution >= 4 is 5.96 Å². The Kier molecular flexibility index (Phi) is 4.60. The molecule has 0 aromatic heterocycles. The first-order valence-electron chi connectivity index (χ1n) is 6.54. The Hall–Kier alpha value is -1.78. The second kappa shape index (κ2) is 6.41. The molecule has 19 heavy (non-hydrogen) atoms. The third-order valence-corrected chi connectivity index (χ3v) is 3.11. The van der Waals surface area contributed by atoms with Crippen LogP contribution in [-0.4, -0.2) is 32.2 Å². The zero-order valence-corrected chi connectivity index (χ0v) is 11.3. The van der Waals surface area contributed by atoms with Crippen molar-refractivity contribution in [2.45, 2.75) is 19.4 Å². The molecule has 0 amide bonds. The maximum atomic E-state index is 12.9. The van der Waals surface area contributed by atoms with Gasteiger partial charge >= 0.3 is 0 Å². The Morgan fingerprint density at radius 3 is 2.95 bits per heavy atom. The number of rotatable bonds is 5. The van der Waals surface area contributed by atoms with Crippen LogP contribution in [0.4, 0.5) is 4.39 Å². The molecule has 2 atom stereocenters. The first-order valence-corrected chi connectivity index (χ1v) is 6.54. The van der Waals surface area contributed by atoms with E-state index in [0.29, 0.717) is 24.9 Å². The molecule has 0 heterocycles. The molecule has 2 N–H and O–H groups in total. The predicted molar refractivity (Wildman–Crippen MR) is 74.0 cm³/mol. The van der Waals surface area contributed by atoms with Crippen LogP contribution in [0.15, 0.2) is 29.3 Å². The molecule has 0 bridgehead atoms. The van der Waals surface area contributed by atoms with E-state index in [1.165, 1.54) is 18.6 Å². The molecule has 1 aromatic carbocycles. The smallest absolute Gasteiger partial charge is 0.191 e. The lowest BCUT2D eigenvalue weighted by Gasteiger charge is -2.12. The molecular formula is C14H20FN3O. The van der Waals surface area contributed by atoms with Crippen LogP contribution in [-0.2, 0) is 0 Å². The first kappa shape index (κ1) is 13.6. The molecular weight excluding hydrogens is 245 g/mol. The lowest BCUT2D eigenvalue weighted by atomic mass is 10.3. The van der Waals surface area contributed by atoms with E-state index in [4.69, 9.17) is 4.74 Å². The highest BCUT2D eigenvalue weighted by molar-refractivity contribution is 5.80. The van der Waals surface area contributed by atoms with Crippen LogP contribution in [0.3, 0.4) is 0 Å². The number of halogens is 1. The lowest BCUT2D eigenvalue weighted by Crippen LogP contribution is -2.40. The number of guanidine groups is 1. The summed E-state index contributed by atoms with van der Waals surface area (Å²) < 4.78 is 18.4. The summed E-state index contributed by atoms with van der Waals surface area (Å²) in [4.78, 5) is 4.14. The average Bonchev–Trinajstić information content (AvgIpc) is 3.09. The van der Waals surface area contributed by atoms with Gasteiger partial charge in [-0.25, -0.2) is 4.39 Å². The van der Waals surface area contributed by atoms with Crippen molar-refractivity contribution in [2.24, 2.45) is 10.9 Å². The van der Waals surface area contributed by atoms with Crippen LogP contribution >= 0.6 is 0 Å². The van der Waals surface area contributed by atoms with Gasteiger partial charge in [0.15, 0.2) is 5.96 Å². The predicted octanol–water partition coefficient (Wildman–Crippen LogP) is 1.78. The van der Waals surface area contributed by atoms with E-state index in [1.807, 2.05) is 0 Å². The minimum Gasteiger partial charge on any atom is -0.492 e. The molecule has 1 fully saturated rings. The monoisotopic (exact) mass is 265 g/mol. The van der Waals surface area contributed by atoms with Crippen LogP contribution in [0.5, 0.6) is 5.75 Å². The lowest BCUT2D eigenvalue weighted by molar-refractivity contribution is 0.320. The van der Waals surface area contributed by atoms with Gasteiger partial charge in [-0.1, -0.05) is 13.0 Å². The number of hydrogen-bond donors (Lipinski definition) is 2. The maximum absolute atomic E-state index is 12.9. The van der Waals surface area contributed by atoms with E-state index >= 15 is 0 Å². The van der Waals surface area contributed by atoms with E-state index in [-0.39, 0.29) is 5.82 Å². The summed E-state index contributed by atoms with van der Waals surface area (Å²) in [7, 11) is 1.75. The summed E-state index contributed by atoms with van der Waals surface area (Å²) in [5.74, 6) is 1.77. The van der Waals surface area contributed by atoms with E-state index in [1.54, 1.807) is 19.2 Å². The van der Waals surface area contributed by atoms with Crippen LogP contribution in [0.1, 0.15) is 13.3 Å². The molecule has 0 spiro atoms. The number of ether oxygens (including phenoxy) is 1. The van der Waals surface area contributed by atoms with E-state index in [0.717, 1.165) is 11.9 Å². The van der Waals surface area contributed by atoms with E-state index < -0.39 is 0 Å². The fourth-order valence-electron chi connectivity index (χ4n) is 1.79. The second-order valence-corrected chi connectivity index (χ2v) is 4.77. The van der Waals surface area contributed by atoms with Gasteiger partial charge < -0.3 is 15.4 Å². The molecule has 1 aliphatic rings. The largest absolute Gasteiger partial charge is 0.492 e. The van der Waals surface area contributed by atoms with Crippen LogP contribution in [0.2, 0.25) is 0 Å². The summed E-state index contributed by atoms with van der Waals surface area (Å²) in [5.41, 5.74) is 0. The zero-order chi connectivity index (χ0) is 13.7. The topological polar surface area (TPSA) is 45.7 Å². The zero-order valence-electron chi connectivity index (χ0n) is 11.3. The minimum atomic E-state index is -0.286. The van der Waals surface area contributed by atoms with Crippen LogP contribution < -0.4 is 15.4 Å². The average molecular weight is 265 g/mol. The Bertz CT molecular complexity index is 450. The molecule has 2 unspecified atom stereocenters. The Morgan fingerprint density at radius 1 is 1.53 bits per heavy atom. The van der Waals surface area contributed by atoms with Crippen LogP contribution in [0, 0.1) is 11.7 Å². The quantitative estimate of drug-likeness (QED) is 0.484. The molecule has 1 aromatic rings. The summed E-state index contributed by atoms with van der Waals surface area (Å²) >= 11 is 0. The minimum absolute atomic E-state index is 0.286. The van der Waals surface area contributed by atoms with E-state index in [2.05, 4.69) is 22.5 Å². The first-order chi connectivity index (χ1) is 9.19. The molecule has 2 rings (SSSR count). The molecule has 1 aliphatic carbocycles. The highest BCUT2D eigenvalue weighted by Crippen LogP contribution is 2.28. The molecule has 0 aliphatic heterocycles. The number of hydrogen-bond acceptors (Lipinski definition) is 2. The second-order valence-electron chi connectivity index (χ2n) is 4.77. The Balaban J connectivity index is 1.65. The summed E-state index contributed by atoms with van der Waals surface area (Å²) in [6.07, 6.45) is 1.19. The number of nitrogens with one attached hydrogen (secondary N) is 2. The van der Waals surface area contributed by atoms with Crippen molar-refractivity contribution in [1.29, 1.82) is 0 Å². The molecule has 104 valence electrons. The van der Waals surface area contributed by atoms with Gasteiger partial charge in [0.25, 0.3) is 0 Å². The molecule has 4 nitrogen and oxygen atoms in total. The highest BCUT2D eigenvalue weighted by Gasteiger charge is 2.33. The summed E-state index contributed by atoms with van der Waals surface area (Å²) in [5, 5.41) is 6.49. The molecule has 1 saturated carbocycles. The van der Waals surface area contributed by atoms with Crippen LogP contribution in [0.25, 0.3) is 0 Å². The van der Waals surface area contributed by atoms with Gasteiger partial charge in [-0.3, -0.25) is 4.99 Å². The van der Waals surface area contributed by atoms with Gasteiger partial charge in [-0.05, 0) is 24.5 Å². The molecule has 5 heteroatoms. The fraction of sp³-hybridized carbons (Fsp3) is 0.500. The number of aliphatic imine (C=N–C) groups is 1. The molecule has 0 saturated heterocycles. The normalized spacial score (nSPS) is 21.9. The van der Waals surface area contributed by atoms with Gasteiger partial charge in [0.05, 0.1) is 6.54 Å². The van der Waals surface area contributed by atoms with Crippen molar-refractivity contribution < 1.29 is 9.13 Å². The standard InChI is InChI=1S/C14H20FN3O/c1-10-8-13(10)18-14(16-2)17-6-7-19-12-5-3-4-11(15)9-12/h3-5,9-10,13H,6-8H2,1-2H3,(H2,16,17,18). The maximum Gasteiger partial charge on any atom is 0.191 e. The summed E-state index contributed by atoms with van der Waals surface area (Å²) in [6.45, 7) is 3.29. The summed E-state index contributed by atoms with van der Waals surface area (Å²) in [6, 6.07) is 6.68. The SMILES string of the molecule is CN=C(NCCOc1cccc(F)c1)NC1CC1C. The third kappa shape index (κ3) is 4.43. The van der Waals surface area contributed by atoms with Crippen molar-refractivity contribution in [2.75, 3.05) is 20.2 Å². The van der Waals surface area contributed by atoms with Gasteiger partial charge in [-0.2, -0.15) is 0 Å². The Labute approximate surface area is 113 Å². The number of nitrogens with zero attached hydrogens (tertiary/aromatic N) is 1. The third-order valence-electron chi connectivity index (χ3n) is 3.11. The van der Waals surface area contributed by atoms with Gasteiger partial charge in [-0.15, -0.1) is 0 Å². The van der Waals surface area contributed by atoms with Crippen molar-refractivity contribution in [3.63, 3.8) is 0 Å². The highest BCUT2D eigenvalue weighted by atomic mass is 19.1. The van der Waals surface area contributed by atoms with E-state index in [9.17, 15) is 4.39 Å². The van der Waals surface area contributed by atoms with Gasteiger partial charge in [0, 0.05) is 19.2 Å². The fourth-order valence-corrected chi connectivity index (χ4v) is 1.79. The van der Waals surface area contributed by atoms with Crippen molar-refractivity contribution in [1.82, 2.24) is 10.6 Å². The number of benzene rings is 1.